The molecule has 2 saturated carbocycles. The van der Waals surface area contributed by atoms with Crippen LogP contribution in [0, 0.1) is 5.92 Å². The molecule has 0 spiro atoms. The first-order chi connectivity index (χ1) is 28.8. The van der Waals surface area contributed by atoms with Crippen LogP contribution in [0.25, 0.3) is 0 Å². The molecule has 0 saturated heterocycles. The van der Waals surface area contributed by atoms with Crippen molar-refractivity contribution in [3.05, 3.63) is 0 Å². The SMILES string of the molecule is CC1C(OCCOCCOC2C(OP(=O)(O)O)C(OP(=O)(O)O)C(OP(=O)(O)O)C(OP(=O)(O)O)C2OP(=O)(O)O)C(OP(=O)(O)O)C(OP(=O)(O)O)C(OP(=O)(O)O)C1OP(=O)(O)O. The van der Waals surface area contributed by atoms with E-state index in [-0.39, 0.29) is 0 Å². The van der Waals surface area contributed by atoms with Gasteiger partial charge in [0.2, 0.25) is 0 Å². The maximum Gasteiger partial charge on any atom is 0.470 e. The van der Waals surface area contributed by atoms with Crippen molar-refractivity contribution in [3.63, 3.8) is 0 Å². The summed E-state index contributed by atoms with van der Waals surface area (Å²) in [5, 5.41) is 0. The molecule has 0 aromatic carbocycles. The van der Waals surface area contributed by atoms with Gasteiger partial charge in [-0.25, -0.2) is 41.1 Å². The second-order valence-electron chi connectivity index (χ2n) is 12.7. The van der Waals surface area contributed by atoms with Gasteiger partial charge in [-0.2, -0.15) is 0 Å². The van der Waals surface area contributed by atoms with E-state index in [1.807, 2.05) is 0 Å². The Bertz CT molecular complexity index is 1950. The lowest BCUT2D eigenvalue weighted by Crippen LogP contribution is -2.66. The largest absolute Gasteiger partial charge is 0.470 e. The van der Waals surface area contributed by atoms with Crippen molar-refractivity contribution in [1.82, 2.24) is 0 Å². The molecule has 0 aliphatic heterocycles. The van der Waals surface area contributed by atoms with Crippen LogP contribution in [-0.2, 0) is 96.0 Å². The van der Waals surface area contributed by atoms with Gasteiger partial charge in [0.15, 0.2) is 0 Å². The zero-order valence-corrected chi connectivity index (χ0v) is 39.5. The third kappa shape index (κ3) is 23.8. The highest BCUT2D eigenvalue weighted by Gasteiger charge is 2.62. The van der Waals surface area contributed by atoms with Crippen LogP contribution in [0.5, 0.6) is 0 Å². The number of hydrogen-bond acceptors (Lipinski definition) is 21. The summed E-state index contributed by atoms with van der Waals surface area (Å²) >= 11 is 0. The van der Waals surface area contributed by atoms with Crippen LogP contribution >= 0.6 is 70.4 Å². The molecule has 10 atom stereocenters. The maximum atomic E-state index is 12.0. The van der Waals surface area contributed by atoms with Crippen LogP contribution in [0.2, 0.25) is 0 Å². The van der Waals surface area contributed by atoms with E-state index in [9.17, 15) is 129 Å². The van der Waals surface area contributed by atoms with E-state index in [1.54, 1.807) is 0 Å². The van der Waals surface area contributed by atoms with Crippen molar-refractivity contribution in [3.8, 4) is 0 Å². The smallest absolute Gasteiger partial charge is 0.377 e. The number of hydrogen-bond donors (Lipinski definition) is 18. The first kappa shape index (κ1) is 62.0. The Morgan fingerprint density at radius 1 is 0.262 bits per heavy atom. The van der Waals surface area contributed by atoms with Gasteiger partial charge in [-0.05, 0) is 0 Å². The van der Waals surface area contributed by atoms with Crippen molar-refractivity contribution < 1.29 is 184 Å². The zero-order chi connectivity index (χ0) is 50.7. The molecule has 48 heteroatoms. The van der Waals surface area contributed by atoms with Gasteiger partial charge < -0.3 is 102 Å². The molecule has 0 heterocycles. The highest BCUT2D eigenvalue weighted by Crippen LogP contribution is 2.57. The maximum absolute atomic E-state index is 12.0. The molecule has 18 N–H and O–H groups in total. The molecule has 39 nitrogen and oxygen atoms in total. The standard InChI is InChI=1S/C17H41O39P9/c1-6-7(10(49-58(21,22)23)14(53-62(33,34)35)11(50-59(24,25)26)8(6)48-57(18,19)20)46-4-2-45-3-5-47-9-12(51-60(27,28)29)15(54-63(36,37)38)17(56-65(42,43)44)16(55-64(39,40)41)13(9)52-61(30,31)32/h6-17H,2-5H2,1H3,(H2,18,19,20)(H2,21,22,23)(H2,24,25,26)(H2,27,28,29)(H2,30,31,32)(H2,33,34,35)(H2,36,37,38)(H2,39,40,41)(H2,42,43,44). The number of ether oxygens (including phenoxy) is 3. The Hall–Kier alpha value is 0.870. The third-order valence-electron chi connectivity index (χ3n) is 7.68. The Kier molecular flexibility index (Phi) is 22.1. The van der Waals surface area contributed by atoms with Gasteiger partial charge in [-0.3, -0.25) is 40.7 Å². The molecule has 388 valence electrons. The Balaban J connectivity index is 2.53. The Labute approximate surface area is 360 Å². The third-order valence-corrected chi connectivity index (χ3v) is 12.3. The molecule has 0 aromatic heterocycles. The van der Waals surface area contributed by atoms with Gasteiger partial charge in [0.05, 0.1) is 32.5 Å². The molecule has 2 aliphatic carbocycles. The van der Waals surface area contributed by atoms with Crippen LogP contribution in [0.4, 0.5) is 0 Å². The summed E-state index contributed by atoms with van der Waals surface area (Å²) in [6.45, 7) is -2.97. The van der Waals surface area contributed by atoms with E-state index in [1.165, 1.54) is 0 Å². The fourth-order valence-electron chi connectivity index (χ4n) is 6.04. The van der Waals surface area contributed by atoms with Gasteiger partial charge >= 0.3 is 70.4 Å². The average Bonchev–Trinajstić information content (AvgIpc) is 3.01. The summed E-state index contributed by atoms with van der Waals surface area (Å²) in [5.74, 6) is -1.83. The Morgan fingerprint density at radius 2 is 0.431 bits per heavy atom. The molecule has 2 rings (SSSR count). The molecular weight excluding hydrogens is 1110 g/mol. The molecule has 2 aliphatic rings. The first-order valence-corrected chi connectivity index (χ1v) is 30.0. The molecule has 65 heavy (non-hydrogen) atoms. The molecule has 0 aromatic rings. The number of phosphoric acid groups is 9. The van der Waals surface area contributed by atoms with Crippen LogP contribution in [0.3, 0.4) is 0 Å². The van der Waals surface area contributed by atoms with Gasteiger partial charge in [-0.1, -0.05) is 6.92 Å². The van der Waals surface area contributed by atoms with E-state index in [0.29, 0.717) is 0 Å². The van der Waals surface area contributed by atoms with Crippen molar-refractivity contribution in [2.24, 2.45) is 5.92 Å². The highest BCUT2D eigenvalue weighted by atomic mass is 31.2. The van der Waals surface area contributed by atoms with Crippen LogP contribution in [0.1, 0.15) is 6.92 Å². The van der Waals surface area contributed by atoms with Crippen molar-refractivity contribution in [1.29, 1.82) is 0 Å². The van der Waals surface area contributed by atoms with Gasteiger partial charge in [0.25, 0.3) is 0 Å². The van der Waals surface area contributed by atoms with Gasteiger partial charge in [-0.15, -0.1) is 0 Å². The number of phosphoric ester groups is 9. The monoisotopic (exact) mass is 1150 g/mol. The predicted molar refractivity (Wildman–Crippen MR) is 192 cm³/mol. The summed E-state index contributed by atoms with van der Waals surface area (Å²) in [6.07, 6.45) is -30.9. The molecule has 0 radical (unpaired) electrons. The number of rotatable bonds is 26. The summed E-state index contributed by atoms with van der Waals surface area (Å²) in [5.41, 5.74) is 0. The fourth-order valence-corrected chi connectivity index (χ4v) is 11.1. The van der Waals surface area contributed by atoms with Gasteiger partial charge in [0.1, 0.15) is 61.0 Å². The van der Waals surface area contributed by atoms with Crippen molar-refractivity contribution in [2.45, 2.75) is 74.1 Å². The van der Waals surface area contributed by atoms with Crippen LogP contribution < -0.4 is 0 Å². The van der Waals surface area contributed by atoms with Crippen molar-refractivity contribution in [2.75, 3.05) is 26.4 Å². The summed E-state index contributed by atoms with van der Waals surface area (Å²) < 4.78 is 163. The predicted octanol–water partition coefficient (Wildman–Crippen LogP) is -4.26. The van der Waals surface area contributed by atoms with E-state index < -0.39 is 170 Å². The molecule has 10 unspecified atom stereocenters. The lowest BCUT2D eigenvalue weighted by Gasteiger charge is -2.48. The van der Waals surface area contributed by atoms with Gasteiger partial charge in [0, 0.05) is 5.92 Å². The molecule has 0 amide bonds. The quantitative estimate of drug-likeness (QED) is 0.0288. The molecular formula is C17H41O39P9. The van der Waals surface area contributed by atoms with Crippen LogP contribution in [0.15, 0.2) is 0 Å². The summed E-state index contributed by atoms with van der Waals surface area (Å²) in [7, 11) is -54.0. The van der Waals surface area contributed by atoms with Crippen LogP contribution in [-0.4, -0.2) is 182 Å². The minimum Gasteiger partial charge on any atom is -0.377 e. The van der Waals surface area contributed by atoms with E-state index in [4.69, 9.17) is 14.2 Å². The molecule has 2 fully saturated rings. The van der Waals surface area contributed by atoms with E-state index >= 15 is 0 Å². The topological polar surface area (TPSA) is 629 Å². The summed E-state index contributed by atoms with van der Waals surface area (Å²) in [6, 6.07) is 0. The second-order valence-corrected chi connectivity index (χ2v) is 23.4. The highest BCUT2D eigenvalue weighted by molar-refractivity contribution is 7.48. The zero-order valence-electron chi connectivity index (χ0n) is 31.4. The van der Waals surface area contributed by atoms with E-state index in [0.717, 1.165) is 6.92 Å². The minimum atomic E-state index is -6.12. The molecule has 0 bridgehead atoms. The Morgan fingerprint density at radius 3 is 0.662 bits per heavy atom. The average molecular weight is 1150 g/mol. The fraction of sp³-hybridized carbons (Fsp3) is 1.00. The second kappa shape index (κ2) is 23.2. The first-order valence-electron chi connectivity index (χ1n) is 16.2. The van der Waals surface area contributed by atoms with E-state index in [2.05, 4.69) is 40.7 Å². The minimum absolute atomic E-state index is 0.840. The lowest BCUT2D eigenvalue weighted by atomic mass is 9.79. The van der Waals surface area contributed by atoms with Crippen molar-refractivity contribution >= 4 is 70.4 Å². The normalized spacial score (nSPS) is 30.7. The lowest BCUT2D eigenvalue weighted by molar-refractivity contribution is -0.221. The summed E-state index contributed by atoms with van der Waals surface area (Å²) in [4.78, 5) is 171.